The average molecular weight is 258 g/mol. The molecule has 0 fully saturated rings. The highest BCUT2D eigenvalue weighted by atomic mass is 16.3. The third-order valence-corrected chi connectivity index (χ3v) is 3.25. The summed E-state index contributed by atoms with van der Waals surface area (Å²) in [6, 6.07) is 10.6. The zero-order chi connectivity index (χ0) is 13.7. The summed E-state index contributed by atoms with van der Waals surface area (Å²) in [4.78, 5) is 2.34. The molecule has 2 aromatic rings. The summed E-state index contributed by atoms with van der Waals surface area (Å²) < 4.78 is 5.45. The first kappa shape index (κ1) is 13.7. The van der Waals surface area contributed by atoms with Crippen LogP contribution in [0.15, 0.2) is 41.0 Å². The van der Waals surface area contributed by atoms with Crippen LogP contribution in [0.25, 0.3) is 0 Å². The zero-order valence-electron chi connectivity index (χ0n) is 11.9. The van der Waals surface area contributed by atoms with Crippen LogP contribution in [-0.4, -0.2) is 13.6 Å². The molecule has 1 N–H and O–H groups in total. The van der Waals surface area contributed by atoms with Crippen LogP contribution in [-0.2, 0) is 13.1 Å². The average Bonchev–Trinajstić information content (AvgIpc) is 2.90. The molecule has 0 aliphatic rings. The second kappa shape index (κ2) is 6.43. The summed E-state index contributed by atoms with van der Waals surface area (Å²) in [5.41, 5.74) is 3.90. The van der Waals surface area contributed by atoms with Gasteiger partial charge in [-0.1, -0.05) is 17.7 Å². The molecule has 0 saturated heterocycles. The number of furan rings is 1. The van der Waals surface area contributed by atoms with Crippen molar-refractivity contribution in [3.05, 3.63) is 53.5 Å². The molecule has 102 valence electrons. The van der Waals surface area contributed by atoms with Gasteiger partial charge >= 0.3 is 0 Å². The van der Waals surface area contributed by atoms with Crippen molar-refractivity contribution in [2.45, 2.75) is 26.9 Å². The van der Waals surface area contributed by atoms with Gasteiger partial charge in [0.2, 0.25) is 0 Å². The Kier molecular flexibility index (Phi) is 4.63. The lowest BCUT2D eigenvalue weighted by Gasteiger charge is -2.25. The number of nitrogens with one attached hydrogen (secondary N) is 1. The van der Waals surface area contributed by atoms with E-state index >= 15 is 0 Å². The number of hydrogen-bond donors (Lipinski definition) is 1. The minimum atomic E-state index is 0.809. The Morgan fingerprint density at radius 3 is 2.74 bits per heavy atom. The molecule has 0 unspecified atom stereocenters. The summed E-state index contributed by atoms with van der Waals surface area (Å²) in [5, 5.41) is 3.24. The largest absolute Gasteiger partial charge is 0.467 e. The normalized spacial score (nSPS) is 10.7. The van der Waals surface area contributed by atoms with Crippen LogP contribution in [0.4, 0.5) is 5.69 Å². The standard InChI is InChI=1S/C16H22N2O/c1-4-18(12-15-6-5-9-19-15)16-8-7-13(2)10-14(16)11-17-3/h5-10,17H,4,11-12H2,1-3H3. The highest BCUT2D eigenvalue weighted by Crippen LogP contribution is 2.23. The first-order valence-corrected chi connectivity index (χ1v) is 6.76. The molecule has 1 aromatic heterocycles. The molecule has 1 heterocycles. The number of aryl methyl sites for hydroxylation is 1. The van der Waals surface area contributed by atoms with E-state index in [1.807, 2.05) is 19.2 Å². The van der Waals surface area contributed by atoms with E-state index < -0.39 is 0 Å². The maximum Gasteiger partial charge on any atom is 0.123 e. The van der Waals surface area contributed by atoms with Gasteiger partial charge in [-0.05, 0) is 44.7 Å². The second-order valence-corrected chi connectivity index (χ2v) is 4.76. The topological polar surface area (TPSA) is 28.4 Å². The van der Waals surface area contributed by atoms with Crippen molar-refractivity contribution in [3.63, 3.8) is 0 Å². The van der Waals surface area contributed by atoms with Gasteiger partial charge in [0, 0.05) is 18.8 Å². The van der Waals surface area contributed by atoms with Crippen LogP contribution in [0.3, 0.4) is 0 Å². The molecular weight excluding hydrogens is 236 g/mol. The fourth-order valence-corrected chi connectivity index (χ4v) is 2.31. The Morgan fingerprint density at radius 1 is 1.26 bits per heavy atom. The molecule has 19 heavy (non-hydrogen) atoms. The zero-order valence-corrected chi connectivity index (χ0v) is 11.9. The molecule has 1 aromatic carbocycles. The first-order valence-electron chi connectivity index (χ1n) is 6.76. The molecule has 0 saturated carbocycles. The highest BCUT2D eigenvalue weighted by molar-refractivity contribution is 5.55. The third kappa shape index (κ3) is 3.38. The second-order valence-electron chi connectivity index (χ2n) is 4.76. The van der Waals surface area contributed by atoms with E-state index in [0.717, 1.165) is 25.4 Å². The molecule has 0 spiro atoms. The monoisotopic (exact) mass is 258 g/mol. The van der Waals surface area contributed by atoms with Gasteiger partial charge in [0.25, 0.3) is 0 Å². The van der Waals surface area contributed by atoms with E-state index in [0.29, 0.717) is 0 Å². The van der Waals surface area contributed by atoms with Crippen LogP contribution in [0.1, 0.15) is 23.8 Å². The van der Waals surface area contributed by atoms with Gasteiger partial charge in [-0.15, -0.1) is 0 Å². The maximum absolute atomic E-state index is 5.45. The van der Waals surface area contributed by atoms with E-state index in [1.54, 1.807) is 6.26 Å². The Morgan fingerprint density at radius 2 is 2.11 bits per heavy atom. The highest BCUT2D eigenvalue weighted by Gasteiger charge is 2.11. The summed E-state index contributed by atoms with van der Waals surface area (Å²) in [5.74, 6) is 0.998. The van der Waals surface area contributed by atoms with E-state index in [1.165, 1.54) is 16.8 Å². The number of nitrogens with zero attached hydrogens (tertiary/aromatic N) is 1. The maximum atomic E-state index is 5.45. The van der Waals surface area contributed by atoms with Crippen molar-refractivity contribution >= 4 is 5.69 Å². The molecule has 0 amide bonds. The van der Waals surface area contributed by atoms with Crippen molar-refractivity contribution in [3.8, 4) is 0 Å². The summed E-state index contributed by atoms with van der Waals surface area (Å²) in [6.07, 6.45) is 1.73. The van der Waals surface area contributed by atoms with Crippen molar-refractivity contribution < 1.29 is 4.42 Å². The SMILES string of the molecule is CCN(Cc1ccco1)c1ccc(C)cc1CNC. The van der Waals surface area contributed by atoms with Crippen LogP contribution < -0.4 is 10.2 Å². The lowest BCUT2D eigenvalue weighted by Crippen LogP contribution is -2.24. The van der Waals surface area contributed by atoms with E-state index in [2.05, 4.69) is 42.3 Å². The molecule has 0 aliphatic carbocycles. The predicted molar refractivity (Wildman–Crippen MR) is 79.4 cm³/mol. The van der Waals surface area contributed by atoms with Crippen molar-refractivity contribution in [1.82, 2.24) is 5.32 Å². The summed E-state index contributed by atoms with van der Waals surface area (Å²) in [7, 11) is 1.98. The van der Waals surface area contributed by atoms with Gasteiger partial charge < -0.3 is 14.6 Å². The quantitative estimate of drug-likeness (QED) is 0.861. The van der Waals surface area contributed by atoms with Gasteiger partial charge in [0.15, 0.2) is 0 Å². The fraction of sp³-hybridized carbons (Fsp3) is 0.375. The molecule has 2 rings (SSSR count). The van der Waals surface area contributed by atoms with Gasteiger partial charge in [0.05, 0.1) is 12.8 Å². The van der Waals surface area contributed by atoms with Crippen molar-refractivity contribution in [2.24, 2.45) is 0 Å². The lowest BCUT2D eigenvalue weighted by molar-refractivity contribution is 0.503. The van der Waals surface area contributed by atoms with Gasteiger partial charge in [0.1, 0.15) is 5.76 Å². The molecule has 0 atom stereocenters. The van der Waals surface area contributed by atoms with Crippen molar-refractivity contribution in [2.75, 3.05) is 18.5 Å². The van der Waals surface area contributed by atoms with E-state index in [-0.39, 0.29) is 0 Å². The Bertz CT molecular complexity index is 505. The van der Waals surface area contributed by atoms with Gasteiger partial charge in [-0.2, -0.15) is 0 Å². The third-order valence-electron chi connectivity index (χ3n) is 3.25. The number of rotatable bonds is 6. The van der Waals surface area contributed by atoms with E-state index in [4.69, 9.17) is 4.42 Å². The number of benzene rings is 1. The Hall–Kier alpha value is -1.74. The minimum Gasteiger partial charge on any atom is -0.467 e. The van der Waals surface area contributed by atoms with Gasteiger partial charge in [-0.25, -0.2) is 0 Å². The Balaban J connectivity index is 2.26. The summed E-state index contributed by atoms with van der Waals surface area (Å²) in [6.45, 7) is 6.95. The number of anilines is 1. The van der Waals surface area contributed by atoms with Crippen LogP contribution in [0.2, 0.25) is 0 Å². The Labute approximate surface area is 115 Å². The van der Waals surface area contributed by atoms with Crippen LogP contribution in [0.5, 0.6) is 0 Å². The fourth-order valence-electron chi connectivity index (χ4n) is 2.31. The van der Waals surface area contributed by atoms with Crippen LogP contribution in [0, 0.1) is 6.92 Å². The smallest absolute Gasteiger partial charge is 0.123 e. The molecule has 0 radical (unpaired) electrons. The van der Waals surface area contributed by atoms with E-state index in [9.17, 15) is 0 Å². The number of hydrogen-bond acceptors (Lipinski definition) is 3. The summed E-state index contributed by atoms with van der Waals surface area (Å²) >= 11 is 0. The van der Waals surface area contributed by atoms with Crippen molar-refractivity contribution in [1.29, 1.82) is 0 Å². The van der Waals surface area contributed by atoms with Crippen LogP contribution >= 0.6 is 0 Å². The molecule has 0 aliphatic heterocycles. The lowest BCUT2D eigenvalue weighted by atomic mass is 10.1. The minimum absolute atomic E-state index is 0.809. The molecule has 0 bridgehead atoms. The molecule has 3 heteroatoms. The van der Waals surface area contributed by atoms with Gasteiger partial charge in [-0.3, -0.25) is 0 Å². The molecular formula is C16H22N2O. The first-order chi connectivity index (χ1) is 9.24. The molecule has 3 nitrogen and oxygen atoms in total. The predicted octanol–water partition coefficient (Wildman–Crippen LogP) is 3.33.